The predicted octanol–water partition coefficient (Wildman–Crippen LogP) is 1.23. The number of nitrogens with zero attached hydrogens (tertiary/aromatic N) is 3. The summed E-state index contributed by atoms with van der Waals surface area (Å²) in [5.74, 6) is 2.83. The molecule has 1 saturated heterocycles. The molecular formula is C12H20N4. The molecule has 0 bridgehead atoms. The number of rotatable bonds is 4. The molecule has 1 saturated carbocycles. The van der Waals surface area contributed by atoms with Crippen molar-refractivity contribution in [2.45, 2.75) is 38.6 Å². The minimum Gasteiger partial charge on any atom is -0.316 e. The van der Waals surface area contributed by atoms with Gasteiger partial charge in [-0.1, -0.05) is 0 Å². The van der Waals surface area contributed by atoms with Crippen LogP contribution in [-0.2, 0) is 13.0 Å². The van der Waals surface area contributed by atoms with E-state index < -0.39 is 0 Å². The van der Waals surface area contributed by atoms with Gasteiger partial charge in [0.2, 0.25) is 0 Å². The molecule has 1 aliphatic heterocycles. The van der Waals surface area contributed by atoms with Gasteiger partial charge < -0.3 is 5.32 Å². The van der Waals surface area contributed by atoms with Gasteiger partial charge in [-0.25, -0.2) is 9.67 Å². The van der Waals surface area contributed by atoms with Gasteiger partial charge in [0.05, 0.1) is 0 Å². The summed E-state index contributed by atoms with van der Waals surface area (Å²) in [5.41, 5.74) is 0. The van der Waals surface area contributed by atoms with Crippen LogP contribution >= 0.6 is 0 Å². The summed E-state index contributed by atoms with van der Waals surface area (Å²) in [6.07, 6.45) is 8.22. The van der Waals surface area contributed by atoms with Crippen molar-refractivity contribution in [1.29, 1.82) is 0 Å². The minimum absolute atomic E-state index is 0.760. The highest BCUT2D eigenvalue weighted by atomic mass is 15.3. The molecule has 4 heteroatoms. The molecule has 1 aromatic rings. The topological polar surface area (TPSA) is 42.7 Å². The fourth-order valence-electron chi connectivity index (χ4n) is 2.50. The molecule has 0 amide bonds. The Morgan fingerprint density at radius 3 is 3.00 bits per heavy atom. The van der Waals surface area contributed by atoms with Gasteiger partial charge in [0, 0.05) is 13.0 Å². The van der Waals surface area contributed by atoms with E-state index in [1.165, 1.54) is 38.1 Å². The van der Waals surface area contributed by atoms with Crippen LogP contribution < -0.4 is 5.32 Å². The lowest BCUT2D eigenvalue weighted by molar-refractivity contribution is 0.362. The molecule has 16 heavy (non-hydrogen) atoms. The molecule has 1 atom stereocenters. The van der Waals surface area contributed by atoms with Crippen LogP contribution in [0.25, 0.3) is 0 Å². The third-order valence-corrected chi connectivity index (χ3v) is 3.69. The van der Waals surface area contributed by atoms with E-state index in [-0.39, 0.29) is 0 Å². The van der Waals surface area contributed by atoms with Crippen molar-refractivity contribution in [1.82, 2.24) is 20.1 Å². The van der Waals surface area contributed by atoms with E-state index in [2.05, 4.69) is 20.1 Å². The van der Waals surface area contributed by atoms with Gasteiger partial charge in [-0.3, -0.25) is 0 Å². The van der Waals surface area contributed by atoms with Crippen molar-refractivity contribution in [3.8, 4) is 0 Å². The number of nitrogens with one attached hydrogen (secondary N) is 1. The lowest BCUT2D eigenvalue weighted by atomic mass is 9.96. The molecule has 0 radical (unpaired) electrons. The van der Waals surface area contributed by atoms with Crippen LogP contribution in [0.3, 0.4) is 0 Å². The van der Waals surface area contributed by atoms with Crippen LogP contribution in [0.1, 0.15) is 31.5 Å². The Kier molecular flexibility index (Phi) is 2.91. The largest absolute Gasteiger partial charge is 0.316 e. The van der Waals surface area contributed by atoms with Crippen molar-refractivity contribution < 1.29 is 0 Å². The SMILES string of the molecule is c1nc(CC2CCCNC2)n(CC2CC2)n1. The molecular weight excluding hydrogens is 200 g/mol. The first-order chi connectivity index (χ1) is 7.92. The smallest absolute Gasteiger partial charge is 0.138 e. The molecule has 3 rings (SSSR count). The van der Waals surface area contributed by atoms with Gasteiger partial charge in [-0.2, -0.15) is 5.10 Å². The van der Waals surface area contributed by atoms with Crippen molar-refractivity contribution in [3.05, 3.63) is 12.2 Å². The van der Waals surface area contributed by atoms with E-state index in [4.69, 9.17) is 0 Å². The van der Waals surface area contributed by atoms with Gasteiger partial charge in [0.1, 0.15) is 12.2 Å². The van der Waals surface area contributed by atoms with Crippen LogP contribution in [0.5, 0.6) is 0 Å². The fraction of sp³-hybridized carbons (Fsp3) is 0.833. The Labute approximate surface area is 96.4 Å². The van der Waals surface area contributed by atoms with Crippen molar-refractivity contribution in [2.75, 3.05) is 13.1 Å². The zero-order valence-electron chi connectivity index (χ0n) is 9.73. The number of aromatic nitrogens is 3. The van der Waals surface area contributed by atoms with E-state index in [1.807, 2.05) is 0 Å². The average Bonchev–Trinajstić information content (AvgIpc) is 3.02. The number of hydrogen-bond acceptors (Lipinski definition) is 3. The highest BCUT2D eigenvalue weighted by Gasteiger charge is 2.24. The van der Waals surface area contributed by atoms with Gasteiger partial charge >= 0.3 is 0 Å². The first-order valence-electron chi connectivity index (χ1n) is 6.49. The molecule has 0 aromatic carbocycles. The number of hydrogen-bond donors (Lipinski definition) is 1. The molecule has 1 N–H and O–H groups in total. The quantitative estimate of drug-likeness (QED) is 0.830. The van der Waals surface area contributed by atoms with Gasteiger partial charge in [-0.05, 0) is 50.6 Å². The maximum atomic E-state index is 4.42. The van der Waals surface area contributed by atoms with Crippen molar-refractivity contribution >= 4 is 0 Å². The molecule has 2 heterocycles. The lowest BCUT2D eigenvalue weighted by Crippen LogP contribution is -2.31. The van der Waals surface area contributed by atoms with E-state index in [0.717, 1.165) is 31.3 Å². The summed E-state index contributed by atoms with van der Waals surface area (Å²) in [6, 6.07) is 0. The zero-order chi connectivity index (χ0) is 10.8. The third-order valence-electron chi connectivity index (χ3n) is 3.69. The molecule has 2 fully saturated rings. The summed E-state index contributed by atoms with van der Waals surface area (Å²) >= 11 is 0. The van der Waals surface area contributed by atoms with Crippen LogP contribution in [0.2, 0.25) is 0 Å². The van der Waals surface area contributed by atoms with E-state index in [9.17, 15) is 0 Å². The Hall–Kier alpha value is -0.900. The summed E-state index contributed by atoms with van der Waals surface area (Å²) in [5, 5.41) is 7.81. The molecule has 1 aromatic heterocycles. The lowest BCUT2D eigenvalue weighted by Gasteiger charge is -2.22. The molecule has 1 aliphatic carbocycles. The van der Waals surface area contributed by atoms with Crippen molar-refractivity contribution in [3.63, 3.8) is 0 Å². The van der Waals surface area contributed by atoms with Crippen molar-refractivity contribution in [2.24, 2.45) is 11.8 Å². The Morgan fingerprint density at radius 1 is 1.31 bits per heavy atom. The third kappa shape index (κ3) is 2.43. The summed E-state index contributed by atoms with van der Waals surface area (Å²) < 4.78 is 2.13. The molecule has 2 aliphatic rings. The van der Waals surface area contributed by atoms with E-state index in [1.54, 1.807) is 6.33 Å². The molecule has 88 valence electrons. The second kappa shape index (κ2) is 4.53. The van der Waals surface area contributed by atoms with E-state index >= 15 is 0 Å². The summed E-state index contributed by atoms with van der Waals surface area (Å²) in [6.45, 7) is 3.43. The fourth-order valence-corrected chi connectivity index (χ4v) is 2.50. The monoisotopic (exact) mass is 220 g/mol. The first-order valence-corrected chi connectivity index (χ1v) is 6.49. The van der Waals surface area contributed by atoms with Gasteiger partial charge in [0.15, 0.2) is 0 Å². The summed E-state index contributed by atoms with van der Waals surface area (Å²) in [7, 11) is 0. The average molecular weight is 220 g/mol. The molecule has 0 spiro atoms. The van der Waals surface area contributed by atoms with E-state index in [0.29, 0.717) is 0 Å². The predicted molar refractivity (Wildman–Crippen MR) is 62.0 cm³/mol. The van der Waals surface area contributed by atoms with Gasteiger partial charge in [0.25, 0.3) is 0 Å². The Bertz CT molecular complexity index is 337. The first kappa shape index (κ1) is 10.3. The second-order valence-corrected chi connectivity index (χ2v) is 5.22. The minimum atomic E-state index is 0.760. The maximum absolute atomic E-state index is 4.42. The van der Waals surface area contributed by atoms with Crippen LogP contribution in [-0.4, -0.2) is 27.9 Å². The van der Waals surface area contributed by atoms with Crippen LogP contribution in [0, 0.1) is 11.8 Å². The molecule has 1 unspecified atom stereocenters. The van der Waals surface area contributed by atoms with Crippen LogP contribution in [0.4, 0.5) is 0 Å². The molecule has 4 nitrogen and oxygen atoms in total. The zero-order valence-corrected chi connectivity index (χ0v) is 9.73. The standard InChI is InChI=1S/C12H20N4/c1-2-11(7-13-5-1)6-12-14-9-15-16(12)8-10-3-4-10/h9-11,13H,1-8H2. The highest BCUT2D eigenvalue weighted by molar-refractivity contribution is 4.90. The highest BCUT2D eigenvalue weighted by Crippen LogP contribution is 2.30. The normalized spacial score (nSPS) is 25.9. The maximum Gasteiger partial charge on any atom is 0.138 e. The van der Waals surface area contributed by atoms with Crippen LogP contribution in [0.15, 0.2) is 6.33 Å². The second-order valence-electron chi connectivity index (χ2n) is 5.22. The Balaban J connectivity index is 1.61. The summed E-state index contributed by atoms with van der Waals surface area (Å²) in [4.78, 5) is 4.42. The van der Waals surface area contributed by atoms with Gasteiger partial charge in [-0.15, -0.1) is 0 Å². The number of piperidine rings is 1. The Morgan fingerprint density at radius 2 is 2.25 bits per heavy atom.